The van der Waals surface area contributed by atoms with E-state index in [1.54, 1.807) is 35.0 Å². The van der Waals surface area contributed by atoms with Gasteiger partial charge in [-0.2, -0.15) is 11.3 Å². The van der Waals surface area contributed by atoms with Crippen LogP contribution < -0.4 is 20.1 Å². The predicted octanol–water partition coefficient (Wildman–Crippen LogP) is 2.85. The lowest BCUT2D eigenvalue weighted by Crippen LogP contribution is -2.27. The van der Waals surface area contributed by atoms with Crippen LogP contribution in [0.3, 0.4) is 0 Å². The number of hydrogen-bond donors (Lipinski definition) is 2. The molecule has 0 atom stereocenters. The van der Waals surface area contributed by atoms with E-state index in [0.717, 1.165) is 0 Å². The Labute approximate surface area is 173 Å². The van der Waals surface area contributed by atoms with Crippen molar-refractivity contribution in [3.8, 4) is 11.5 Å². The molecule has 0 saturated carbocycles. The summed E-state index contributed by atoms with van der Waals surface area (Å²) in [6.45, 7) is 4.38. The van der Waals surface area contributed by atoms with Crippen LogP contribution in [0, 0.1) is 0 Å². The van der Waals surface area contributed by atoms with Gasteiger partial charge in [0.2, 0.25) is 0 Å². The third-order valence-electron chi connectivity index (χ3n) is 3.59. The average Bonchev–Trinajstić information content (AvgIpc) is 3.24. The molecule has 0 aliphatic carbocycles. The van der Waals surface area contributed by atoms with E-state index in [0.29, 0.717) is 36.0 Å². The highest BCUT2D eigenvalue weighted by Gasteiger charge is 2.12. The van der Waals surface area contributed by atoms with Crippen LogP contribution in [0.4, 0.5) is 5.69 Å². The van der Waals surface area contributed by atoms with Gasteiger partial charge in [0.25, 0.3) is 11.8 Å². The molecule has 156 valence electrons. The Hall–Kier alpha value is -3.07. The molecule has 0 saturated heterocycles. The Bertz CT molecular complexity index is 822. The molecule has 0 spiro atoms. The van der Waals surface area contributed by atoms with Crippen molar-refractivity contribution in [2.24, 2.45) is 0 Å². The van der Waals surface area contributed by atoms with Crippen LogP contribution in [0.15, 0.2) is 35.0 Å². The molecule has 1 aromatic heterocycles. The molecular formula is C20H24N2O6S. The van der Waals surface area contributed by atoms with E-state index in [4.69, 9.17) is 14.2 Å². The molecule has 2 aromatic rings. The van der Waals surface area contributed by atoms with E-state index in [2.05, 4.69) is 10.6 Å². The molecule has 0 fully saturated rings. The Balaban J connectivity index is 1.73. The molecular weight excluding hydrogens is 396 g/mol. The number of ether oxygens (including phenoxy) is 3. The van der Waals surface area contributed by atoms with Crippen LogP contribution in [0.1, 0.15) is 30.6 Å². The number of esters is 1. The van der Waals surface area contributed by atoms with E-state index in [-0.39, 0.29) is 18.9 Å². The first kappa shape index (κ1) is 22.2. The van der Waals surface area contributed by atoms with Gasteiger partial charge in [0.1, 0.15) is 0 Å². The molecule has 0 radical (unpaired) electrons. The Morgan fingerprint density at radius 2 is 1.79 bits per heavy atom. The van der Waals surface area contributed by atoms with Crippen LogP contribution in [0.5, 0.6) is 11.5 Å². The third-order valence-corrected chi connectivity index (χ3v) is 4.27. The molecule has 1 heterocycles. The first-order chi connectivity index (χ1) is 14.0. The number of carbonyl (C=O) groups excluding carboxylic acids is 3. The van der Waals surface area contributed by atoms with Crippen molar-refractivity contribution in [3.63, 3.8) is 0 Å². The predicted molar refractivity (Wildman–Crippen MR) is 110 cm³/mol. The maximum absolute atomic E-state index is 12.0. The smallest absolute Gasteiger partial charge is 0.308 e. The summed E-state index contributed by atoms with van der Waals surface area (Å²) in [6, 6.07) is 6.72. The summed E-state index contributed by atoms with van der Waals surface area (Å²) in [5.74, 6) is -0.203. The fourth-order valence-electron chi connectivity index (χ4n) is 2.32. The number of carbonyl (C=O) groups is 3. The van der Waals surface area contributed by atoms with Gasteiger partial charge in [0.15, 0.2) is 18.1 Å². The van der Waals surface area contributed by atoms with E-state index >= 15 is 0 Å². The van der Waals surface area contributed by atoms with E-state index in [9.17, 15) is 14.4 Å². The standard InChI is InChI=1S/C20H24N2O6S/c1-3-26-16-6-5-15(11-17(16)27-4-2)22-18(23)12-28-19(24)7-9-21-20(25)14-8-10-29-13-14/h5-6,8,10-11,13H,3-4,7,9,12H2,1-2H3,(H,21,25)(H,22,23). The SMILES string of the molecule is CCOc1ccc(NC(=O)COC(=O)CCNC(=O)c2ccsc2)cc1OCC. The third kappa shape index (κ3) is 7.46. The Morgan fingerprint density at radius 1 is 1.03 bits per heavy atom. The Kier molecular flexibility index (Phi) is 8.97. The van der Waals surface area contributed by atoms with Gasteiger partial charge < -0.3 is 24.8 Å². The highest BCUT2D eigenvalue weighted by Crippen LogP contribution is 2.30. The molecule has 0 aliphatic heterocycles. The lowest BCUT2D eigenvalue weighted by atomic mass is 10.2. The zero-order chi connectivity index (χ0) is 21.1. The fraction of sp³-hybridized carbons (Fsp3) is 0.350. The van der Waals surface area contributed by atoms with Crippen molar-refractivity contribution >= 4 is 34.8 Å². The average molecular weight is 420 g/mol. The summed E-state index contributed by atoms with van der Waals surface area (Å²) in [5, 5.41) is 8.77. The van der Waals surface area contributed by atoms with Crippen molar-refractivity contribution in [2.45, 2.75) is 20.3 Å². The van der Waals surface area contributed by atoms with Crippen molar-refractivity contribution in [1.29, 1.82) is 0 Å². The lowest BCUT2D eigenvalue weighted by molar-refractivity contribution is -0.147. The normalized spacial score (nSPS) is 10.1. The molecule has 29 heavy (non-hydrogen) atoms. The second kappa shape index (κ2) is 11.7. The van der Waals surface area contributed by atoms with Gasteiger partial charge in [0, 0.05) is 29.2 Å². The molecule has 2 N–H and O–H groups in total. The number of benzene rings is 1. The van der Waals surface area contributed by atoms with Crippen LogP contribution >= 0.6 is 11.3 Å². The zero-order valence-corrected chi connectivity index (χ0v) is 17.2. The highest BCUT2D eigenvalue weighted by molar-refractivity contribution is 7.08. The molecule has 2 amide bonds. The van der Waals surface area contributed by atoms with Crippen molar-refractivity contribution in [2.75, 3.05) is 31.7 Å². The van der Waals surface area contributed by atoms with Crippen molar-refractivity contribution < 1.29 is 28.6 Å². The zero-order valence-electron chi connectivity index (χ0n) is 16.4. The maximum Gasteiger partial charge on any atom is 0.308 e. The molecule has 8 nitrogen and oxygen atoms in total. The topological polar surface area (TPSA) is 103 Å². The van der Waals surface area contributed by atoms with Gasteiger partial charge in [-0.1, -0.05) is 0 Å². The quantitative estimate of drug-likeness (QED) is 0.542. The summed E-state index contributed by atoms with van der Waals surface area (Å²) < 4.78 is 15.9. The molecule has 9 heteroatoms. The van der Waals surface area contributed by atoms with Gasteiger partial charge in [-0.05, 0) is 37.4 Å². The van der Waals surface area contributed by atoms with Crippen molar-refractivity contribution in [3.05, 3.63) is 40.6 Å². The van der Waals surface area contributed by atoms with Gasteiger partial charge >= 0.3 is 5.97 Å². The summed E-state index contributed by atoms with van der Waals surface area (Å²) in [4.78, 5) is 35.5. The number of amides is 2. The number of hydrogen-bond acceptors (Lipinski definition) is 7. The first-order valence-electron chi connectivity index (χ1n) is 9.19. The number of anilines is 1. The number of thiophene rings is 1. The minimum Gasteiger partial charge on any atom is -0.490 e. The number of nitrogens with one attached hydrogen (secondary N) is 2. The van der Waals surface area contributed by atoms with Crippen molar-refractivity contribution in [1.82, 2.24) is 5.32 Å². The summed E-state index contributed by atoms with van der Waals surface area (Å²) in [6.07, 6.45) is -0.0271. The first-order valence-corrected chi connectivity index (χ1v) is 10.1. The molecule has 0 unspecified atom stereocenters. The monoisotopic (exact) mass is 420 g/mol. The van der Waals surface area contributed by atoms with Crippen LogP contribution in [0.25, 0.3) is 0 Å². The van der Waals surface area contributed by atoms with Crippen LogP contribution in [0.2, 0.25) is 0 Å². The summed E-state index contributed by atoms with van der Waals surface area (Å²) >= 11 is 1.41. The largest absolute Gasteiger partial charge is 0.490 e. The highest BCUT2D eigenvalue weighted by atomic mass is 32.1. The summed E-state index contributed by atoms with van der Waals surface area (Å²) in [7, 11) is 0. The summed E-state index contributed by atoms with van der Waals surface area (Å²) in [5.41, 5.74) is 1.05. The Morgan fingerprint density at radius 3 is 2.48 bits per heavy atom. The van der Waals surface area contributed by atoms with E-state index in [1.165, 1.54) is 11.3 Å². The van der Waals surface area contributed by atoms with Gasteiger partial charge in [-0.25, -0.2) is 0 Å². The van der Waals surface area contributed by atoms with E-state index < -0.39 is 18.5 Å². The maximum atomic E-state index is 12.0. The second-order valence-corrected chi connectivity index (χ2v) is 6.53. The second-order valence-electron chi connectivity index (χ2n) is 5.75. The fourth-order valence-corrected chi connectivity index (χ4v) is 2.95. The van der Waals surface area contributed by atoms with Gasteiger partial charge in [0.05, 0.1) is 19.6 Å². The lowest BCUT2D eigenvalue weighted by Gasteiger charge is -2.13. The molecule has 0 aliphatic rings. The molecule has 2 rings (SSSR count). The van der Waals surface area contributed by atoms with Crippen LogP contribution in [-0.2, 0) is 14.3 Å². The van der Waals surface area contributed by atoms with Gasteiger partial charge in [-0.15, -0.1) is 0 Å². The molecule has 1 aromatic carbocycles. The minimum absolute atomic E-state index is 0.0271. The number of rotatable bonds is 11. The minimum atomic E-state index is -0.576. The van der Waals surface area contributed by atoms with Gasteiger partial charge in [-0.3, -0.25) is 14.4 Å². The van der Waals surface area contributed by atoms with E-state index in [1.807, 2.05) is 13.8 Å². The van der Waals surface area contributed by atoms with Crippen LogP contribution in [-0.4, -0.2) is 44.1 Å². The molecule has 0 bridgehead atoms.